The number of amides is 1. The zero-order valence-electron chi connectivity index (χ0n) is 9.63. The number of nitrogens with one attached hydrogen (secondary N) is 1. The SMILES string of the molecule is N#C/C(=C\c1ccc(Cl)cc1)C(=O)Nc1nccs1. The molecule has 0 saturated heterocycles. The van der Waals surface area contributed by atoms with Crippen LogP contribution in [0.25, 0.3) is 6.08 Å². The molecule has 2 rings (SSSR count). The molecule has 1 amide bonds. The van der Waals surface area contributed by atoms with Crippen LogP contribution in [0.4, 0.5) is 5.13 Å². The van der Waals surface area contributed by atoms with Crippen molar-refractivity contribution in [2.45, 2.75) is 0 Å². The van der Waals surface area contributed by atoms with Gasteiger partial charge in [-0.25, -0.2) is 4.98 Å². The van der Waals surface area contributed by atoms with E-state index in [0.29, 0.717) is 10.2 Å². The molecule has 6 heteroatoms. The molecule has 1 aromatic heterocycles. The summed E-state index contributed by atoms with van der Waals surface area (Å²) in [5, 5.41) is 14.4. The Morgan fingerprint density at radius 3 is 2.74 bits per heavy atom. The van der Waals surface area contributed by atoms with Gasteiger partial charge in [-0.3, -0.25) is 10.1 Å². The fourth-order valence-electron chi connectivity index (χ4n) is 1.32. The number of anilines is 1. The Labute approximate surface area is 119 Å². The molecule has 0 radical (unpaired) electrons. The van der Waals surface area contributed by atoms with E-state index in [-0.39, 0.29) is 5.57 Å². The fourth-order valence-corrected chi connectivity index (χ4v) is 1.97. The summed E-state index contributed by atoms with van der Waals surface area (Å²) in [6, 6.07) is 8.73. The molecule has 0 aliphatic heterocycles. The molecule has 0 saturated carbocycles. The van der Waals surface area contributed by atoms with Crippen LogP contribution in [0.3, 0.4) is 0 Å². The average Bonchev–Trinajstić information content (AvgIpc) is 2.90. The second-order valence-corrected chi connectivity index (χ2v) is 4.84. The molecular formula is C13H8ClN3OS. The van der Waals surface area contributed by atoms with Gasteiger partial charge < -0.3 is 0 Å². The van der Waals surface area contributed by atoms with Gasteiger partial charge in [0.2, 0.25) is 0 Å². The van der Waals surface area contributed by atoms with Crippen molar-refractivity contribution in [3.05, 3.63) is 52.0 Å². The molecule has 2 aromatic rings. The molecular weight excluding hydrogens is 282 g/mol. The molecule has 0 aliphatic carbocycles. The lowest BCUT2D eigenvalue weighted by Gasteiger charge is -2.00. The number of nitrogens with zero attached hydrogens (tertiary/aromatic N) is 2. The van der Waals surface area contributed by atoms with Crippen molar-refractivity contribution in [3.63, 3.8) is 0 Å². The molecule has 19 heavy (non-hydrogen) atoms. The minimum absolute atomic E-state index is 0.0116. The van der Waals surface area contributed by atoms with Gasteiger partial charge in [0.15, 0.2) is 5.13 Å². The van der Waals surface area contributed by atoms with Crippen molar-refractivity contribution >= 4 is 40.1 Å². The third kappa shape index (κ3) is 3.65. The summed E-state index contributed by atoms with van der Waals surface area (Å²) in [6.07, 6.45) is 3.08. The molecule has 0 spiro atoms. The van der Waals surface area contributed by atoms with Crippen LogP contribution < -0.4 is 5.32 Å². The molecule has 1 aromatic carbocycles. The molecule has 4 nitrogen and oxygen atoms in total. The van der Waals surface area contributed by atoms with E-state index in [1.807, 2.05) is 6.07 Å². The summed E-state index contributed by atoms with van der Waals surface area (Å²) < 4.78 is 0. The van der Waals surface area contributed by atoms with Crippen molar-refractivity contribution in [2.75, 3.05) is 5.32 Å². The molecule has 0 bridgehead atoms. The van der Waals surface area contributed by atoms with E-state index < -0.39 is 5.91 Å². The fraction of sp³-hybridized carbons (Fsp3) is 0. The Hall–Kier alpha value is -2.16. The maximum Gasteiger partial charge on any atom is 0.268 e. The van der Waals surface area contributed by atoms with Crippen molar-refractivity contribution in [1.29, 1.82) is 5.26 Å². The maximum atomic E-state index is 11.9. The van der Waals surface area contributed by atoms with Crippen LogP contribution in [0.2, 0.25) is 5.02 Å². The monoisotopic (exact) mass is 289 g/mol. The van der Waals surface area contributed by atoms with E-state index in [9.17, 15) is 4.79 Å². The van der Waals surface area contributed by atoms with Crippen LogP contribution in [0.15, 0.2) is 41.4 Å². The first kappa shape index (κ1) is 13.3. The Kier molecular flexibility index (Phi) is 4.29. The predicted molar refractivity (Wildman–Crippen MR) is 75.8 cm³/mol. The lowest BCUT2D eigenvalue weighted by atomic mass is 10.1. The summed E-state index contributed by atoms with van der Waals surface area (Å²) in [4.78, 5) is 15.8. The summed E-state index contributed by atoms with van der Waals surface area (Å²) in [5.41, 5.74) is 0.743. The van der Waals surface area contributed by atoms with E-state index in [2.05, 4.69) is 10.3 Å². The summed E-state index contributed by atoms with van der Waals surface area (Å²) in [7, 11) is 0. The van der Waals surface area contributed by atoms with Crippen molar-refractivity contribution in [1.82, 2.24) is 4.98 Å². The van der Waals surface area contributed by atoms with E-state index in [1.54, 1.807) is 35.8 Å². The Morgan fingerprint density at radius 1 is 1.42 bits per heavy atom. The minimum Gasteiger partial charge on any atom is -0.297 e. The topological polar surface area (TPSA) is 65.8 Å². The zero-order valence-corrected chi connectivity index (χ0v) is 11.2. The number of halogens is 1. The average molecular weight is 290 g/mol. The zero-order chi connectivity index (χ0) is 13.7. The second kappa shape index (κ2) is 6.14. The van der Waals surface area contributed by atoms with E-state index >= 15 is 0 Å². The first-order valence-corrected chi connectivity index (χ1v) is 6.53. The standard InChI is InChI=1S/C13H8ClN3OS/c14-11-3-1-9(2-4-11)7-10(8-15)12(18)17-13-16-5-6-19-13/h1-7H,(H,16,17,18)/b10-7+. The summed E-state index contributed by atoms with van der Waals surface area (Å²) in [5.74, 6) is -0.479. The van der Waals surface area contributed by atoms with Crippen molar-refractivity contribution < 1.29 is 4.79 Å². The predicted octanol–water partition coefficient (Wildman–Crippen LogP) is 3.34. The van der Waals surface area contributed by atoms with Crippen LogP contribution >= 0.6 is 22.9 Å². The number of carbonyl (C=O) groups excluding carboxylic acids is 1. The van der Waals surface area contributed by atoms with Gasteiger partial charge in [0.1, 0.15) is 11.6 Å². The largest absolute Gasteiger partial charge is 0.297 e. The van der Waals surface area contributed by atoms with Gasteiger partial charge in [-0.1, -0.05) is 23.7 Å². The Morgan fingerprint density at radius 2 is 2.16 bits per heavy atom. The number of carbonyl (C=O) groups is 1. The quantitative estimate of drug-likeness (QED) is 0.696. The highest BCUT2D eigenvalue weighted by Crippen LogP contribution is 2.15. The first-order chi connectivity index (χ1) is 9.19. The molecule has 94 valence electrons. The molecule has 0 unspecified atom stereocenters. The van der Waals surface area contributed by atoms with Gasteiger partial charge in [0.05, 0.1) is 0 Å². The van der Waals surface area contributed by atoms with Gasteiger partial charge in [-0.15, -0.1) is 11.3 Å². The number of rotatable bonds is 3. The molecule has 0 atom stereocenters. The van der Waals surface area contributed by atoms with Gasteiger partial charge >= 0.3 is 0 Å². The van der Waals surface area contributed by atoms with E-state index in [1.165, 1.54) is 17.4 Å². The number of nitriles is 1. The molecule has 1 N–H and O–H groups in total. The third-order valence-corrected chi connectivity index (χ3v) is 3.14. The Balaban J connectivity index is 2.17. The van der Waals surface area contributed by atoms with Crippen LogP contribution in [0.5, 0.6) is 0 Å². The number of hydrogen-bond acceptors (Lipinski definition) is 4. The van der Waals surface area contributed by atoms with Crippen LogP contribution in [-0.4, -0.2) is 10.9 Å². The van der Waals surface area contributed by atoms with Gasteiger partial charge in [0.25, 0.3) is 5.91 Å². The number of thiazole rings is 1. The smallest absolute Gasteiger partial charge is 0.268 e. The van der Waals surface area contributed by atoms with Gasteiger partial charge in [-0.05, 0) is 23.8 Å². The normalized spacial score (nSPS) is 10.8. The van der Waals surface area contributed by atoms with Gasteiger partial charge in [0, 0.05) is 16.6 Å². The second-order valence-electron chi connectivity index (χ2n) is 3.51. The van der Waals surface area contributed by atoms with E-state index in [0.717, 1.165) is 5.56 Å². The lowest BCUT2D eigenvalue weighted by molar-refractivity contribution is -0.112. The maximum absolute atomic E-state index is 11.9. The molecule has 0 fully saturated rings. The highest BCUT2D eigenvalue weighted by Gasteiger charge is 2.10. The Bertz CT molecular complexity index is 642. The first-order valence-electron chi connectivity index (χ1n) is 5.27. The summed E-state index contributed by atoms with van der Waals surface area (Å²) in [6.45, 7) is 0. The highest BCUT2D eigenvalue weighted by atomic mass is 35.5. The lowest BCUT2D eigenvalue weighted by Crippen LogP contribution is -2.13. The van der Waals surface area contributed by atoms with Crippen LogP contribution in [0.1, 0.15) is 5.56 Å². The number of aromatic nitrogens is 1. The van der Waals surface area contributed by atoms with Crippen LogP contribution in [-0.2, 0) is 4.79 Å². The third-order valence-electron chi connectivity index (χ3n) is 2.20. The van der Waals surface area contributed by atoms with Crippen LogP contribution in [0, 0.1) is 11.3 Å². The minimum atomic E-state index is -0.479. The molecule has 0 aliphatic rings. The number of hydrogen-bond donors (Lipinski definition) is 1. The summed E-state index contributed by atoms with van der Waals surface area (Å²) >= 11 is 7.06. The highest BCUT2D eigenvalue weighted by molar-refractivity contribution is 7.13. The van der Waals surface area contributed by atoms with Crippen molar-refractivity contribution in [3.8, 4) is 6.07 Å². The number of benzene rings is 1. The van der Waals surface area contributed by atoms with Gasteiger partial charge in [-0.2, -0.15) is 5.26 Å². The van der Waals surface area contributed by atoms with E-state index in [4.69, 9.17) is 16.9 Å². The molecule has 1 heterocycles. The van der Waals surface area contributed by atoms with Crippen molar-refractivity contribution in [2.24, 2.45) is 0 Å².